The van der Waals surface area contributed by atoms with Gasteiger partial charge in [-0.2, -0.15) is 0 Å². The van der Waals surface area contributed by atoms with Gasteiger partial charge >= 0.3 is 0 Å². The molecule has 0 saturated heterocycles. The molecule has 0 aliphatic rings. The molecule has 0 spiro atoms. The van der Waals surface area contributed by atoms with E-state index in [1.165, 1.54) is 0 Å². The van der Waals surface area contributed by atoms with Gasteiger partial charge < -0.3 is 5.73 Å². The van der Waals surface area contributed by atoms with E-state index in [-0.39, 0.29) is 5.02 Å². The molecule has 2 nitrogen and oxygen atoms in total. The second-order valence-electron chi connectivity index (χ2n) is 2.87. The molecule has 0 aliphatic heterocycles. The molecule has 5 heteroatoms. The van der Waals surface area contributed by atoms with Gasteiger partial charge in [-0.25, -0.2) is 8.78 Å². The summed E-state index contributed by atoms with van der Waals surface area (Å²) in [5, 5.41) is -0.0699. The largest absolute Gasteiger partial charge is 0.318 e. The predicted octanol–water partition coefficient (Wildman–Crippen LogP) is 2.21. The SMILES string of the molecule is CC(=O)C(N)c1c(F)cc(Cl)cc1F. The van der Waals surface area contributed by atoms with E-state index < -0.39 is 29.0 Å². The van der Waals surface area contributed by atoms with Crippen molar-refractivity contribution in [2.75, 3.05) is 0 Å². The molecule has 0 amide bonds. The Hall–Kier alpha value is -1.00. The van der Waals surface area contributed by atoms with E-state index in [4.69, 9.17) is 17.3 Å². The lowest BCUT2D eigenvalue weighted by atomic mass is 10.0. The number of nitrogens with two attached hydrogens (primary N) is 1. The topological polar surface area (TPSA) is 43.1 Å². The van der Waals surface area contributed by atoms with Crippen LogP contribution in [0.4, 0.5) is 8.78 Å². The molecule has 1 aromatic carbocycles. The highest BCUT2D eigenvalue weighted by atomic mass is 35.5. The maximum atomic E-state index is 13.2. The Bertz CT molecular complexity index is 358. The molecule has 0 heterocycles. The minimum atomic E-state index is -1.28. The fourth-order valence-corrected chi connectivity index (χ4v) is 1.25. The van der Waals surface area contributed by atoms with Crippen molar-refractivity contribution in [1.29, 1.82) is 0 Å². The number of Topliss-reactive ketones (excluding diaryl/α,β-unsaturated/α-hetero) is 1. The summed E-state index contributed by atoms with van der Waals surface area (Å²) in [6, 6.07) is 0.554. The molecule has 0 aliphatic carbocycles. The van der Waals surface area contributed by atoms with Gasteiger partial charge in [0.2, 0.25) is 0 Å². The number of benzene rings is 1. The number of hydrogen-bond acceptors (Lipinski definition) is 2. The van der Waals surface area contributed by atoms with Gasteiger partial charge in [-0.05, 0) is 19.1 Å². The van der Waals surface area contributed by atoms with Gasteiger partial charge in [-0.1, -0.05) is 11.6 Å². The lowest BCUT2D eigenvalue weighted by Gasteiger charge is -2.10. The van der Waals surface area contributed by atoms with Crippen molar-refractivity contribution in [3.05, 3.63) is 34.4 Å². The maximum Gasteiger partial charge on any atom is 0.151 e. The average Bonchev–Trinajstić information content (AvgIpc) is 2.01. The van der Waals surface area contributed by atoms with Crippen molar-refractivity contribution >= 4 is 17.4 Å². The number of halogens is 3. The lowest BCUT2D eigenvalue weighted by molar-refractivity contribution is -0.118. The maximum absolute atomic E-state index is 13.2. The molecule has 14 heavy (non-hydrogen) atoms. The highest BCUT2D eigenvalue weighted by Gasteiger charge is 2.20. The van der Waals surface area contributed by atoms with Crippen molar-refractivity contribution in [3.63, 3.8) is 0 Å². The summed E-state index contributed by atoms with van der Waals surface area (Å²) < 4.78 is 26.3. The Morgan fingerprint density at radius 2 is 1.86 bits per heavy atom. The van der Waals surface area contributed by atoms with E-state index in [0.29, 0.717) is 0 Å². The molecule has 1 unspecified atom stereocenters. The summed E-state index contributed by atoms with van der Waals surface area (Å²) in [6.45, 7) is 1.16. The Labute approximate surface area is 84.7 Å². The normalized spacial score (nSPS) is 12.6. The minimum Gasteiger partial charge on any atom is -0.318 e. The standard InChI is InChI=1S/C9H8ClF2NO/c1-4(14)9(13)8-6(11)2-5(10)3-7(8)12/h2-3,9H,13H2,1H3. The summed E-state index contributed by atoms with van der Waals surface area (Å²) in [5.74, 6) is -2.32. The molecule has 1 atom stereocenters. The molecule has 0 saturated carbocycles. The first-order chi connectivity index (χ1) is 6.43. The molecule has 1 aromatic rings. The zero-order chi connectivity index (χ0) is 10.9. The number of carbonyl (C=O) groups is 1. The number of carbonyl (C=O) groups excluding carboxylic acids is 1. The second kappa shape index (κ2) is 4.02. The molecule has 0 radical (unpaired) electrons. The first-order valence-corrected chi connectivity index (χ1v) is 4.21. The van der Waals surface area contributed by atoms with Crippen LogP contribution in [0.3, 0.4) is 0 Å². The highest BCUT2D eigenvalue weighted by molar-refractivity contribution is 6.30. The van der Waals surface area contributed by atoms with Gasteiger partial charge in [0.25, 0.3) is 0 Å². The van der Waals surface area contributed by atoms with E-state index in [1.54, 1.807) is 0 Å². The van der Waals surface area contributed by atoms with Gasteiger partial charge in [0.05, 0.1) is 6.04 Å². The van der Waals surface area contributed by atoms with E-state index in [9.17, 15) is 13.6 Å². The fraction of sp³-hybridized carbons (Fsp3) is 0.222. The third-order valence-electron chi connectivity index (χ3n) is 1.79. The van der Waals surface area contributed by atoms with Crippen LogP contribution in [-0.2, 0) is 4.79 Å². The summed E-state index contributed by atoms with van der Waals surface area (Å²) in [4.78, 5) is 10.8. The second-order valence-corrected chi connectivity index (χ2v) is 3.31. The van der Waals surface area contributed by atoms with Crippen LogP contribution in [0.1, 0.15) is 18.5 Å². The number of ketones is 1. The Balaban J connectivity index is 3.27. The first-order valence-electron chi connectivity index (χ1n) is 3.84. The molecular weight excluding hydrogens is 212 g/mol. The van der Waals surface area contributed by atoms with Crippen LogP contribution in [0.15, 0.2) is 12.1 Å². The third kappa shape index (κ3) is 2.08. The summed E-state index contributed by atoms with van der Waals surface area (Å²) in [7, 11) is 0. The van der Waals surface area contributed by atoms with Crippen molar-refractivity contribution in [2.45, 2.75) is 13.0 Å². The van der Waals surface area contributed by atoms with Crippen LogP contribution in [0.2, 0.25) is 5.02 Å². The van der Waals surface area contributed by atoms with E-state index in [1.807, 2.05) is 0 Å². The summed E-state index contributed by atoms with van der Waals surface area (Å²) >= 11 is 5.40. The fourth-order valence-electron chi connectivity index (χ4n) is 1.05. The number of rotatable bonds is 2. The van der Waals surface area contributed by atoms with E-state index in [0.717, 1.165) is 19.1 Å². The molecule has 2 N–H and O–H groups in total. The van der Waals surface area contributed by atoms with Gasteiger partial charge in [-0.3, -0.25) is 4.79 Å². The predicted molar refractivity (Wildman–Crippen MR) is 49.0 cm³/mol. The van der Waals surface area contributed by atoms with Crippen molar-refractivity contribution in [2.24, 2.45) is 5.73 Å². The first kappa shape index (κ1) is 11.1. The third-order valence-corrected chi connectivity index (χ3v) is 2.01. The van der Waals surface area contributed by atoms with Gasteiger partial charge in [0.15, 0.2) is 5.78 Å². The Morgan fingerprint density at radius 1 is 1.43 bits per heavy atom. The van der Waals surface area contributed by atoms with Crippen LogP contribution in [0, 0.1) is 11.6 Å². The van der Waals surface area contributed by atoms with Gasteiger partial charge in [0, 0.05) is 10.6 Å². The molecule has 76 valence electrons. The van der Waals surface area contributed by atoms with Crippen LogP contribution < -0.4 is 5.73 Å². The van der Waals surface area contributed by atoms with Crippen LogP contribution in [0.25, 0.3) is 0 Å². The van der Waals surface area contributed by atoms with Gasteiger partial charge in [-0.15, -0.1) is 0 Å². The van der Waals surface area contributed by atoms with Crippen LogP contribution in [0.5, 0.6) is 0 Å². The van der Waals surface area contributed by atoms with Gasteiger partial charge in [0.1, 0.15) is 11.6 Å². The van der Waals surface area contributed by atoms with Crippen LogP contribution >= 0.6 is 11.6 Å². The summed E-state index contributed by atoms with van der Waals surface area (Å²) in [5.41, 5.74) is 4.87. The summed E-state index contributed by atoms with van der Waals surface area (Å²) in [6.07, 6.45) is 0. The Kier molecular flexibility index (Phi) is 3.18. The van der Waals surface area contributed by atoms with Crippen LogP contribution in [-0.4, -0.2) is 5.78 Å². The molecule has 0 bridgehead atoms. The molecular formula is C9H8ClF2NO. The van der Waals surface area contributed by atoms with Crippen molar-refractivity contribution in [1.82, 2.24) is 0 Å². The number of hydrogen-bond donors (Lipinski definition) is 1. The zero-order valence-electron chi connectivity index (χ0n) is 7.35. The smallest absolute Gasteiger partial charge is 0.151 e. The Morgan fingerprint density at radius 3 is 2.21 bits per heavy atom. The molecule has 0 fully saturated rings. The molecule has 1 rings (SSSR count). The average molecular weight is 220 g/mol. The van der Waals surface area contributed by atoms with Crippen molar-refractivity contribution in [3.8, 4) is 0 Å². The quantitative estimate of drug-likeness (QED) is 0.829. The lowest BCUT2D eigenvalue weighted by Crippen LogP contribution is -2.21. The van der Waals surface area contributed by atoms with E-state index >= 15 is 0 Å². The monoisotopic (exact) mass is 219 g/mol. The highest BCUT2D eigenvalue weighted by Crippen LogP contribution is 2.23. The van der Waals surface area contributed by atoms with E-state index in [2.05, 4.69) is 0 Å². The molecule has 0 aromatic heterocycles. The zero-order valence-corrected chi connectivity index (χ0v) is 8.11. The van der Waals surface area contributed by atoms with Crippen molar-refractivity contribution < 1.29 is 13.6 Å². The minimum absolute atomic E-state index is 0.0699.